The van der Waals surface area contributed by atoms with E-state index in [1.165, 1.54) is 13.1 Å². The van der Waals surface area contributed by atoms with E-state index in [1.807, 2.05) is 0 Å². The third-order valence-corrected chi connectivity index (χ3v) is 2.89. The number of nitro groups is 1. The Balaban J connectivity index is 2.22. The van der Waals surface area contributed by atoms with Crippen LogP contribution in [0.5, 0.6) is 0 Å². The van der Waals surface area contributed by atoms with Crippen molar-refractivity contribution in [3.8, 4) is 0 Å². The second-order valence-electron chi connectivity index (χ2n) is 4.37. The third kappa shape index (κ3) is 2.96. The summed E-state index contributed by atoms with van der Waals surface area (Å²) >= 11 is 0. The number of hydrogen-bond donors (Lipinski definition) is 3. The maximum atomic E-state index is 13.9. The van der Waals surface area contributed by atoms with E-state index in [4.69, 9.17) is 5.73 Å². The van der Waals surface area contributed by atoms with Crippen LogP contribution >= 0.6 is 0 Å². The van der Waals surface area contributed by atoms with Gasteiger partial charge in [-0.25, -0.2) is 4.39 Å². The first-order chi connectivity index (χ1) is 9.90. The summed E-state index contributed by atoms with van der Waals surface area (Å²) in [6.07, 6.45) is 1.42. The van der Waals surface area contributed by atoms with Gasteiger partial charge in [0.25, 0.3) is 11.6 Å². The second-order valence-corrected chi connectivity index (χ2v) is 4.37. The largest absolute Gasteiger partial charge is 0.384 e. The fourth-order valence-electron chi connectivity index (χ4n) is 1.75. The Kier molecular flexibility index (Phi) is 3.83. The van der Waals surface area contributed by atoms with Crippen molar-refractivity contribution in [3.63, 3.8) is 0 Å². The Bertz CT molecular complexity index is 713. The molecular weight excluding hydrogens is 281 g/mol. The molecule has 1 aromatic carbocycles. The number of H-pyrrole nitrogens is 1. The predicted molar refractivity (Wildman–Crippen MR) is 72.0 cm³/mol. The summed E-state index contributed by atoms with van der Waals surface area (Å²) in [6, 6.07) is 1.97. The molecule has 1 heterocycles. The first-order valence-electron chi connectivity index (χ1n) is 5.90. The lowest BCUT2D eigenvalue weighted by atomic mass is 10.1. The summed E-state index contributed by atoms with van der Waals surface area (Å²) in [5, 5.41) is 19.4. The Morgan fingerprint density at radius 3 is 2.86 bits per heavy atom. The van der Waals surface area contributed by atoms with Crippen LogP contribution < -0.4 is 11.1 Å². The van der Waals surface area contributed by atoms with E-state index >= 15 is 0 Å². The molecule has 2 aromatic rings. The van der Waals surface area contributed by atoms with Gasteiger partial charge in [0.05, 0.1) is 16.7 Å². The molecule has 1 aromatic heterocycles. The molecule has 0 aliphatic rings. The summed E-state index contributed by atoms with van der Waals surface area (Å²) < 4.78 is 13.9. The first-order valence-corrected chi connectivity index (χ1v) is 5.90. The first kappa shape index (κ1) is 14.4. The van der Waals surface area contributed by atoms with Gasteiger partial charge in [-0.05, 0) is 12.5 Å². The smallest absolute Gasteiger partial charge is 0.270 e. The number of halogens is 1. The van der Waals surface area contributed by atoms with E-state index in [-0.39, 0.29) is 29.2 Å². The molecule has 0 spiro atoms. The van der Waals surface area contributed by atoms with Crippen LogP contribution in [0, 0.1) is 22.9 Å². The van der Waals surface area contributed by atoms with Crippen LogP contribution in [-0.2, 0) is 6.54 Å². The monoisotopic (exact) mass is 293 g/mol. The fourth-order valence-corrected chi connectivity index (χ4v) is 1.75. The van der Waals surface area contributed by atoms with Crippen molar-refractivity contribution in [3.05, 3.63) is 51.0 Å². The average molecular weight is 293 g/mol. The third-order valence-electron chi connectivity index (χ3n) is 2.89. The van der Waals surface area contributed by atoms with Crippen molar-refractivity contribution in [1.29, 1.82) is 0 Å². The number of rotatable bonds is 4. The molecular formula is C12H12FN5O3. The summed E-state index contributed by atoms with van der Waals surface area (Å²) in [5.74, 6) is -1.27. The molecule has 8 nitrogen and oxygen atoms in total. The molecule has 1 amide bonds. The van der Waals surface area contributed by atoms with Crippen molar-refractivity contribution in [2.75, 3.05) is 5.73 Å². The summed E-state index contributed by atoms with van der Waals surface area (Å²) in [7, 11) is 0. The van der Waals surface area contributed by atoms with E-state index in [2.05, 4.69) is 15.5 Å². The second kappa shape index (κ2) is 5.57. The number of amides is 1. The number of nitrogens with two attached hydrogens (primary N) is 1. The lowest BCUT2D eigenvalue weighted by Crippen LogP contribution is -2.24. The lowest BCUT2D eigenvalue weighted by Gasteiger charge is -2.07. The average Bonchev–Trinajstić information content (AvgIpc) is 2.84. The van der Waals surface area contributed by atoms with Crippen LogP contribution in [0.3, 0.4) is 0 Å². The van der Waals surface area contributed by atoms with Crippen LogP contribution in [0.2, 0.25) is 0 Å². The molecule has 0 aliphatic carbocycles. The molecule has 21 heavy (non-hydrogen) atoms. The van der Waals surface area contributed by atoms with Gasteiger partial charge >= 0.3 is 0 Å². The van der Waals surface area contributed by atoms with Gasteiger partial charge in [0, 0.05) is 24.2 Å². The zero-order chi connectivity index (χ0) is 15.6. The van der Waals surface area contributed by atoms with Crippen LogP contribution in [0.25, 0.3) is 0 Å². The summed E-state index contributed by atoms with van der Waals surface area (Å²) in [4.78, 5) is 22.0. The number of hydrogen-bond acceptors (Lipinski definition) is 5. The molecule has 9 heteroatoms. The minimum atomic E-state index is -0.793. The van der Waals surface area contributed by atoms with Crippen LogP contribution in [0.4, 0.5) is 15.9 Å². The van der Waals surface area contributed by atoms with E-state index < -0.39 is 16.6 Å². The standard InChI is InChI=1S/C12H12FN5O3/c1-6-2-8(18(20)21)3-9(10(6)13)12(19)15-4-7-5-16-17-11(7)14/h2-3,5H,4H2,1H3,(H,15,19)(H3,14,16,17). The Labute approximate surface area is 118 Å². The molecule has 0 bridgehead atoms. The Morgan fingerprint density at radius 1 is 1.57 bits per heavy atom. The number of nitrogens with one attached hydrogen (secondary N) is 2. The highest BCUT2D eigenvalue weighted by molar-refractivity contribution is 5.95. The number of aromatic amines is 1. The number of non-ortho nitro benzene ring substituents is 1. The molecule has 0 saturated heterocycles. The number of aryl methyl sites for hydroxylation is 1. The summed E-state index contributed by atoms with van der Waals surface area (Å²) in [5.41, 5.74) is 5.38. The van der Waals surface area contributed by atoms with Crippen molar-refractivity contribution < 1.29 is 14.1 Å². The number of benzene rings is 1. The van der Waals surface area contributed by atoms with Gasteiger partial charge < -0.3 is 11.1 Å². The van der Waals surface area contributed by atoms with Crippen LogP contribution in [-0.4, -0.2) is 21.0 Å². The van der Waals surface area contributed by atoms with Gasteiger partial charge in [0.15, 0.2) is 0 Å². The normalized spacial score (nSPS) is 10.4. The molecule has 0 saturated carbocycles. The number of anilines is 1. The minimum absolute atomic E-state index is 0.0252. The maximum Gasteiger partial charge on any atom is 0.270 e. The lowest BCUT2D eigenvalue weighted by molar-refractivity contribution is -0.385. The van der Waals surface area contributed by atoms with Gasteiger partial charge in [0.2, 0.25) is 0 Å². The molecule has 0 fully saturated rings. The quantitative estimate of drug-likeness (QED) is 0.578. The zero-order valence-corrected chi connectivity index (χ0v) is 11.0. The van der Waals surface area contributed by atoms with E-state index in [9.17, 15) is 19.3 Å². The van der Waals surface area contributed by atoms with Crippen LogP contribution in [0.1, 0.15) is 21.5 Å². The highest BCUT2D eigenvalue weighted by Gasteiger charge is 2.19. The number of carbonyl (C=O) groups excluding carboxylic acids is 1. The fraction of sp³-hybridized carbons (Fsp3) is 0.167. The summed E-state index contributed by atoms with van der Waals surface area (Å²) in [6.45, 7) is 1.38. The minimum Gasteiger partial charge on any atom is -0.384 e. The molecule has 2 rings (SSSR count). The van der Waals surface area contributed by atoms with E-state index in [0.29, 0.717) is 5.56 Å². The maximum absolute atomic E-state index is 13.9. The topological polar surface area (TPSA) is 127 Å². The van der Waals surface area contributed by atoms with Gasteiger partial charge in [-0.3, -0.25) is 20.0 Å². The van der Waals surface area contributed by atoms with Crippen molar-refractivity contribution >= 4 is 17.4 Å². The van der Waals surface area contributed by atoms with E-state index in [1.54, 1.807) is 0 Å². The number of nitrogens with zero attached hydrogens (tertiary/aromatic N) is 2. The van der Waals surface area contributed by atoms with Gasteiger partial charge in [-0.15, -0.1) is 0 Å². The SMILES string of the molecule is Cc1cc([N+](=O)[O-])cc(C(=O)NCc2cn[nH]c2N)c1F. The Hall–Kier alpha value is -2.97. The highest BCUT2D eigenvalue weighted by Crippen LogP contribution is 2.21. The van der Waals surface area contributed by atoms with Gasteiger partial charge in [-0.2, -0.15) is 5.10 Å². The van der Waals surface area contributed by atoms with Crippen LogP contribution in [0.15, 0.2) is 18.3 Å². The molecule has 0 radical (unpaired) electrons. The number of aromatic nitrogens is 2. The number of nitro benzene ring substituents is 1. The molecule has 0 atom stereocenters. The van der Waals surface area contributed by atoms with E-state index in [0.717, 1.165) is 12.1 Å². The number of nitrogen functional groups attached to an aromatic ring is 1. The van der Waals surface area contributed by atoms with Crippen molar-refractivity contribution in [2.45, 2.75) is 13.5 Å². The molecule has 0 unspecified atom stereocenters. The van der Waals surface area contributed by atoms with Gasteiger partial charge in [0.1, 0.15) is 11.6 Å². The molecule has 110 valence electrons. The predicted octanol–water partition coefficient (Wildman–Crippen LogP) is 1.28. The van der Waals surface area contributed by atoms with Gasteiger partial charge in [-0.1, -0.05) is 0 Å². The molecule has 0 aliphatic heterocycles. The highest BCUT2D eigenvalue weighted by atomic mass is 19.1. The van der Waals surface area contributed by atoms with Crippen molar-refractivity contribution in [2.24, 2.45) is 0 Å². The zero-order valence-electron chi connectivity index (χ0n) is 11.0. The number of carbonyl (C=O) groups is 1. The van der Waals surface area contributed by atoms with Crippen molar-refractivity contribution in [1.82, 2.24) is 15.5 Å². The molecule has 4 N–H and O–H groups in total. The Morgan fingerprint density at radius 2 is 2.29 bits per heavy atom.